The average Bonchev–Trinajstić information content (AvgIpc) is 1.65. The van der Waals surface area contributed by atoms with E-state index >= 15 is 0 Å². The lowest BCUT2D eigenvalue weighted by Gasteiger charge is -1.59. The van der Waals surface area contributed by atoms with Gasteiger partial charge in [0, 0.05) is 12.3 Å². The lowest BCUT2D eigenvalue weighted by Crippen LogP contribution is -1.78. The van der Waals surface area contributed by atoms with Gasteiger partial charge < -0.3 is 5.11 Å². The molecule has 0 bridgehead atoms. The minimum absolute atomic E-state index is 0.833. The Morgan fingerprint density at radius 3 is 1.78 bits per heavy atom. The summed E-state index contributed by atoms with van der Waals surface area (Å²) in [6.07, 6.45) is 0. The second-order valence-electron chi connectivity index (χ2n) is 0.987. The fraction of sp³-hybridized carbons (Fsp3) is 0.250. The molecule has 0 saturated heterocycles. The van der Waals surface area contributed by atoms with Gasteiger partial charge in [-0.05, 0) is 0 Å². The van der Waals surface area contributed by atoms with Gasteiger partial charge in [-0.1, -0.05) is 6.58 Å². The van der Waals surface area contributed by atoms with Crippen LogP contribution < -0.4 is 0 Å². The highest BCUT2D eigenvalue weighted by Crippen LogP contribution is 1.53. The molecular formula is C4H8O4S. The number of thiol groups is 1. The summed E-state index contributed by atoms with van der Waals surface area (Å²) < 4.78 is 18.6. The maximum atomic E-state index is 9.29. The van der Waals surface area contributed by atoms with Crippen molar-refractivity contribution < 1.29 is 18.3 Å². The summed E-state index contributed by atoms with van der Waals surface area (Å²) in [6.45, 7) is 4.05. The minimum Gasteiger partial charge on any atom is -0.481 e. The fourth-order valence-corrected chi connectivity index (χ4v) is 0. The summed E-state index contributed by atoms with van der Waals surface area (Å²) in [6, 6.07) is 0. The Labute approximate surface area is 54.8 Å². The Bertz CT molecular complexity index is 146. The summed E-state index contributed by atoms with van der Waals surface area (Å²) in [5.41, 5.74) is 0. The van der Waals surface area contributed by atoms with Crippen LogP contribution in [0.25, 0.3) is 0 Å². The molecule has 54 valence electrons. The first kappa shape index (κ1) is 11.0. The van der Waals surface area contributed by atoms with Gasteiger partial charge >= 0.3 is 0 Å². The van der Waals surface area contributed by atoms with E-state index in [-0.39, 0.29) is 0 Å². The lowest BCUT2D eigenvalue weighted by molar-refractivity contribution is -0.134. The molecule has 4 nitrogen and oxygen atoms in total. The molecule has 0 aliphatic heterocycles. The van der Waals surface area contributed by atoms with Crippen LogP contribution >= 0.6 is 0 Å². The van der Waals surface area contributed by atoms with Crippen LogP contribution in [0.4, 0.5) is 0 Å². The van der Waals surface area contributed by atoms with Crippen LogP contribution in [0, 0.1) is 0 Å². The molecule has 0 fully saturated rings. The van der Waals surface area contributed by atoms with E-state index in [1.807, 2.05) is 0 Å². The Morgan fingerprint density at radius 1 is 1.67 bits per heavy atom. The van der Waals surface area contributed by atoms with Gasteiger partial charge in [-0.3, -0.25) is 4.79 Å². The Kier molecular flexibility index (Phi) is 8.77. The van der Waals surface area contributed by atoms with E-state index in [2.05, 4.69) is 6.58 Å². The normalized spacial score (nSPS) is 7.33. The first-order valence-electron chi connectivity index (χ1n) is 1.96. The third kappa shape index (κ3) is 142. The van der Waals surface area contributed by atoms with Gasteiger partial charge in [0.1, 0.15) is 0 Å². The summed E-state index contributed by atoms with van der Waals surface area (Å²) in [4.78, 5) is 9.00. The zero-order valence-electron chi connectivity index (χ0n) is 4.90. The highest BCUT2D eigenvalue weighted by atomic mass is 32.2. The van der Waals surface area contributed by atoms with Crippen LogP contribution in [-0.4, -0.2) is 19.5 Å². The molecule has 0 aromatic carbocycles. The number of carboxylic acids is 1. The van der Waals surface area contributed by atoms with E-state index in [9.17, 15) is 8.42 Å². The molecule has 0 aliphatic rings. The molecule has 0 unspecified atom stereocenters. The number of hydrogen-bond donors (Lipinski definition) is 2. The summed E-state index contributed by atoms with van der Waals surface area (Å²) >= 11 is 0. The van der Waals surface area contributed by atoms with Gasteiger partial charge in [0.25, 0.3) is 5.97 Å². The monoisotopic (exact) mass is 152 g/mol. The minimum atomic E-state index is -2.33. The van der Waals surface area contributed by atoms with Gasteiger partial charge in [-0.15, -0.1) is 0 Å². The maximum absolute atomic E-state index is 9.29. The van der Waals surface area contributed by atoms with Crippen molar-refractivity contribution in [3.8, 4) is 0 Å². The molecule has 0 aromatic heterocycles. The van der Waals surface area contributed by atoms with Crippen molar-refractivity contribution in [2.45, 2.75) is 6.92 Å². The van der Waals surface area contributed by atoms with Crippen molar-refractivity contribution in [1.29, 1.82) is 0 Å². The van der Waals surface area contributed by atoms with Crippen molar-refractivity contribution in [3.63, 3.8) is 0 Å². The molecule has 0 heterocycles. The molecule has 0 spiro atoms. The maximum Gasteiger partial charge on any atom is 0.300 e. The number of aliphatic carboxylic acids is 1. The van der Waals surface area contributed by atoms with E-state index in [4.69, 9.17) is 9.90 Å². The standard InChI is InChI=1S/C2H4O2S.C2H4O2/c1-2-5(3)4;1-2(3)4/h2,5H,1H2;1H3,(H,3,4). The topological polar surface area (TPSA) is 71.4 Å². The first-order chi connectivity index (χ1) is 4.00. The number of carboxylic acid groups (broad SMARTS) is 1. The van der Waals surface area contributed by atoms with Crippen LogP contribution in [0.15, 0.2) is 12.0 Å². The lowest BCUT2D eigenvalue weighted by atomic mass is 10.9. The fourth-order valence-electron chi connectivity index (χ4n) is 0. The van der Waals surface area contributed by atoms with Crippen LogP contribution in [0.3, 0.4) is 0 Å². The second kappa shape index (κ2) is 7.16. The van der Waals surface area contributed by atoms with E-state index in [1.165, 1.54) is 0 Å². The molecule has 0 radical (unpaired) electrons. The summed E-state index contributed by atoms with van der Waals surface area (Å²) in [7, 11) is -2.33. The molecule has 0 aliphatic carbocycles. The second-order valence-corrected chi connectivity index (χ2v) is 1.92. The molecule has 9 heavy (non-hydrogen) atoms. The molecule has 0 aromatic rings. The smallest absolute Gasteiger partial charge is 0.300 e. The van der Waals surface area contributed by atoms with E-state index in [0.29, 0.717) is 0 Å². The molecular weight excluding hydrogens is 144 g/mol. The summed E-state index contributed by atoms with van der Waals surface area (Å²) in [5, 5.41) is 8.29. The predicted octanol–water partition coefficient (Wildman–Crippen LogP) is -0.168. The van der Waals surface area contributed by atoms with E-state index in [0.717, 1.165) is 12.3 Å². The van der Waals surface area contributed by atoms with Crippen LogP contribution in [0.2, 0.25) is 0 Å². The SMILES string of the molecule is C=C[SH](=O)=O.CC(=O)O. The van der Waals surface area contributed by atoms with Gasteiger partial charge in [0.2, 0.25) is 0 Å². The number of rotatable bonds is 1. The van der Waals surface area contributed by atoms with Crippen LogP contribution in [-0.2, 0) is 15.5 Å². The quantitative estimate of drug-likeness (QED) is 0.512. The highest BCUT2D eigenvalue weighted by Gasteiger charge is 1.65. The Balaban J connectivity index is 0. The first-order valence-corrected chi connectivity index (χ1v) is 3.21. The largest absolute Gasteiger partial charge is 0.481 e. The molecule has 0 saturated carbocycles. The van der Waals surface area contributed by atoms with Gasteiger partial charge in [0.15, 0.2) is 10.7 Å². The van der Waals surface area contributed by atoms with Crippen molar-refractivity contribution >= 4 is 16.7 Å². The van der Waals surface area contributed by atoms with E-state index in [1.54, 1.807) is 0 Å². The third-order valence-corrected chi connectivity index (χ3v) is 0.447. The zero-order chi connectivity index (χ0) is 7.86. The van der Waals surface area contributed by atoms with E-state index < -0.39 is 16.7 Å². The Hall–Kier alpha value is -0.840. The highest BCUT2D eigenvalue weighted by molar-refractivity contribution is 7.75. The van der Waals surface area contributed by atoms with Gasteiger partial charge in [-0.2, -0.15) is 0 Å². The van der Waals surface area contributed by atoms with Crippen molar-refractivity contribution in [3.05, 3.63) is 12.0 Å². The zero-order valence-corrected chi connectivity index (χ0v) is 5.80. The van der Waals surface area contributed by atoms with Crippen LogP contribution in [0.5, 0.6) is 0 Å². The average molecular weight is 152 g/mol. The molecule has 5 heteroatoms. The molecule has 0 amide bonds. The van der Waals surface area contributed by atoms with Gasteiger partial charge in [-0.25, -0.2) is 8.42 Å². The van der Waals surface area contributed by atoms with Crippen molar-refractivity contribution in [1.82, 2.24) is 0 Å². The predicted molar refractivity (Wildman–Crippen MR) is 33.8 cm³/mol. The Morgan fingerprint density at radius 2 is 1.78 bits per heavy atom. The van der Waals surface area contributed by atoms with Crippen molar-refractivity contribution in [2.75, 3.05) is 0 Å². The number of hydrogen-bond acceptors (Lipinski definition) is 3. The van der Waals surface area contributed by atoms with Crippen molar-refractivity contribution in [2.24, 2.45) is 0 Å². The molecule has 0 rings (SSSR count). The van der Waals surface area contributed by atoms with Crippen LogP contribution in [0.1, 0.15) is 6.92 Å². The summed E-state index contributed by atoms with van der Waals surface area (Å²) in [5.74, 6) is -0.833. The number of carbonyl (C=O) groups is 1. The van der Waals surface area contributed by atoms with Gasteiger partial charge in [0.05, 0.1) is 0 Å². The molecule has 1 N–H and O–H groups in total. The molecule has 0 atom stereocenters. The third-order valence-electron chi connectivity index (χ3n) is 0.149.